The van der Waals surface area contributed by atoms with E-state index in [2.05, 4.69) is 0 Å². The maximum atomic E-state index is 13.0. The summed E-state index contributed by atoms with van der Waals surface area (Å²) < 4.78 is 52.1. The van der Waals surface area contributed by atoms with Gasteiger partial charge in [-0.3, -0.25) is 0 Å². The second-order valence-electron chi connectivity index (χ2n) is 4.33. The Labute approximate surface area is 126 Å². The molecule has 0 aliphatic heterocycles. The highest BCUT2D eigenvalue weighted by atomic mass is 35.5. The lowest BCUT2D eigenvalue weighted by molar-refractivity contribution is 0.0170. The van der Waals surface area contributed by atoms with Crippen molar-refractivity contribution in [2.45, 2.75) is 24.7 Å². The van der Waals surface area contributed by atoms with Gasteiger partial charge in [0.25, 0.3) is 5.92 Å². The lowest BCUT2D eigenvalue weighted by atomic mass is 10.2. The molecule has 0 unspecified atom stereocenters. The normalized spacial score (nSPS) is 12.8. The number of hydrogen-bond donors (Lipinski definition) is 2. The van der Waals surface area contributed by atoms with Crippen LogP contribution < -0.4 is 10.5 Å². The Balaban J connectivity index is 3.24. The Morgan fingerprint density at radius 2 is 1.90 bits per heavy atom. The lowest BCUT2D eigenvalue weighted by Gasteiger charge is -2.17. The fourth-order valence-electron chi connectivity index (χ4n) is 1.48. The Morgan fingerprint density at radius 1 is 1.35 bits per heavy atom. The summed E-state index contributed by atoms with van der Waals surface area (Å²) >= 11 is 11.8. The summed E-state index contributed by atoms with van der Waals surface area (Å²) in [5.74, 6) is -3.33. The Kier molecular flexibility index (Phi) is 5.37. The summed E-state index contributed by atoms with van der Waals surface area (Å²) in [6.07, 6.45) is 0. The van der Waals surface area contributed by atoms with E-state index in [9.17, 15) is 17.2 Å². The topological polar surface area (TPSA) is 72.2 Å². The van der Waals surface area contributed by atoms with Gasteiger partial charge in [-0.2, -0.15) is 0 Å². The molecule has 114 valence electrons. The van der Waals surface area contributed by atoms with E-state index in [-0.39, 0.29) is 20.5 Å². The van der Waals surface area contributed by atoms with Crippen LogP contribution in [0.3, 0.4) is 0 Å². The number of halogens is 4. The van der Waals surface area contributed by atoms with Gasteiger partial charge in [-0.1, -0.05) is 23.2 Å². The number of aryl methyl sites for hydroxylation is 1. The van der Waals surface area contributed by atoms with E-state index in [0.29, 0.717) is 5.56 Å². The Morgan fingerprint density at radius 3 is 2.40 bits per heavy atom. The first-order valence-electron chi connectivity index (χ1n) is 5.54. The molecule has 0 atom stereocenters. The van der Waals surface area contributed by atoms with Gasteiger partial charge in [-0.05, 0) is 31.0 Å². The highest BCUT2D eigenvalue weighted by molar-refractivity contribution is 7.89. The number of sulfonamides is 1. The summed E-state index contributed by atoms with van der Waals surface area (Å²) in [6, 6.07) is 1.51. The third-order valence-electron chi connectivity index (χ3n) is 2.68. The molecule has 3 N–H and O–H groups in total. The predicted molar refractivity (Wildman–Crippen MR) is 75.1 cm³/mol. The molecule has 20 heavy (non-hydrogen) atoms. The minimum absolute atomic E-state index is 0.0459. The molecule has 0 radical (unpaired) electrons. The molecule has 0 heterocycles. The van der Waals surface area contributed by atoms with Crippen molar-refractivity contribution in [1.82, 2.24) is 4.72 Å². The van der Waals surface area contributed by atoms with Crippen molar-refractivity contribution in [3.05, 3.63) is 27.2 Å². The van der Waals surface area contributed by atoms with Crippen LogP contribution in [-0.4, -0.2) is 27.4 Å². The monoisotopic (exact) mass is 346 g/mol. The molecule has 0 spiro atoms. The zero-order valence-corrected chi connectivity index (χ0v) is 13.1. The third-order valence-corrected chi connectivity index (χ3v) is 5.24. The number of nitrogens with one attached hydrogen (secondary N) is 1. The maximum Gasteiger partial charge on any atom is 0.273 e. The van der Waals surface area contributed by atoms with E-state index in [1.54, 1.807) is 11.6 Å². The number of benzene rings is 1. The molecule has 0 saturated carbocycles. The van der Waals surface area contributed by atoms with E-state index in [1.165, 1.54) is 13.0 Å². The van der Waals surface area contributed by atoms with Crippen molar-refractivity contribution in [3.63, 3.8) is 0 Å². The molecular weight excluding hydrogens is 333 g/mol. The molecule has 0 amide bonds. The van der Waals surface area contributed by atoms with E-state index in [1.807, 2.05) is 0 Å². The molecule has 0 aliphatic rings. The summed E-state index contributed by atoms with van der Waals surface area (Å²) in [5.41, 5.74) is 5.49. The van der Waals surface area contributed by atoms with E-state index >= 15 is 0 Å². The summed E-state index contributed by atoms with van der Waals surface area (Å²) in [4.78, 5) is -0.294. The van der Waals surface area contributed by atoms with Crippen LogP contribution in [0.1, 0.15) is 11.1 Å². The van der Waals surface area contributed by atoms with Crippen LogP contribution in [0.15, 0.2) is 11.0 Å². The molecule has 0 aliphatic carbocycles. The molecule has 0 bridgehead atoms. The SMILES string of the molecule is Cc1cc(Cl)c(C)c(S(=O)(=O)NCC(F)(F)CN)c1Cl. The van der Waals surface area contributed by atoms with Gasteiger partial charge in [0.05, 0.1) is 18.1 Å². The van der Waals surface area contributed by atoms with Crippen LogP contribution in [-0.2, 0) is 10.0 Å². The summed E-state index contributed by atoms with van der Waals surface area (Å²) in [7, 11) is -4.21. The quantitative estimate of drug-likeness (QED) is 0.860. The first-order chi connectivity index (χ1) is 9.02. The van der Waals surface area contributed by atoms with Crippen LogP contribution in [0.25, 0.3) is 0 Å². The molecule has 0 fully saturated rings. The van der Waals surface area contributed by atoms with Crippen molar-refractivity contribution in [3.8, 4) is 0 Å². The molecular formula is C11H14Cl2F2N2O2S. The van der Waals surface area contributed by atoms with Crippen LogP contribution in [0.5, 0.6) is 0 Å². The van der Waals surface area contributed by atoms with Crippen LogP contribution in [0.4, 0.5) is 8.78 Å². The lowest BCUT2D eigenvalue weighted by Crippen LogP contribution is -2.41. The fraction of sp³-hybridized carbons (Fsp3) is 0.455. The number of alkyl halides is 2. The second-order valence-corrected chi connectivity index (χ2v) is 6.82. The highest BCUT2D eigenvalue weighted by Gasteiger charge is 2.31. The van der Waals surface area contributed by atoms with Crippen molar-refractivity contribution in [2.24, 2.45) is 5.73 Å². The summed E-state index contributed by atoms with van der Waals surface area (Å²) in [6.45, 7) is 0.953. The molecule has 1 aromatic rings. The zero-order chi connectivity index (χ0) is 15.7. The smallest absolute Gasteiger partial charge is 0.273 e. The van der Waals surface area contributed by atoms with Crippen molar-refractivity contribution in [2.75, 3.05) is 13.1 Å². The highest BCUT2D eigenvalue weighted by Crippen LogP contribution is 2.33. The second kappa shape index (κ2) is 6.11. The molecule has 1 rings (SSSR count). The van der Waals surface area contributed by atoms with Gasteiger partial charge in [-0.15, -0.1) is 0 Å². The van der Waals surface area contributed by atoms with Crippen molar-refractivity contribution in [1.29, 1.82) is 0 Å². The summed E-state index contributed by atoms with van der Waals surface area (Å²) in [5, 5.41) is 0.147. The largest absolute Gasteiger partial charge is 0.325 e. The predicted octanol–water partition coefficient (Wildman–Crippen LogP) is 2.48. The number of rotatable bonds is 5. The Bertz CT molecular complexity index is 595. The molecule has 0 aromatic heterocycles. The molecule has 0 saturated heterocycles. The average Bonchev–Trinajstić information content (AvgIpc) is 2.34. The van der Waals surface area contributed by atoms with Gasteiger partial charge in [0, 0.05) is 5.02 Å². The standard InChI is InChI=1S/C11H14Cl2F2N2O2S/c1-6-3-8(12)7(2)10(9(6)13)20(18,19)17-5-11(14,15)4-16/h3,17H,4-5,16H2,1-2H3. The fourth-order valence-corrected chi connectivity index (χ4v) is 3.75. The van der Waals surface area contributed by atoms with Crippen LogP contribution >= 0.6 is 23.2 Å². The zero-order valence-electron chi connectivity index (χ0n) is 10.8. The first kappa shape index (κ1) is 17.6. The van der Waals surface area contributed by atoms with Gasteiger partial charge in [-0.25, -0.2) is 21.9 Å². The van der Waals surface area contributed by atoms with Gasteiger partial charge in [0.2, 0.25) is 10.0 Å². The van der Waals surface area contributed by atoms with Crippen LogP contribution in [0.2, 0.25) is 10.0 Å². The minimum Gasteiger partial charge on any atom is -0.325 e. The van der Waals surface area contributed by atoms with Crippen molar-refractivity contribution >= 4 is 33.2 Å². The number of hydrogen-bond acceptors (Lipinski definition) is 3. The van der Waals surface area contributed by atoms with E-state index in [4.69, 9.17) is 28.9 Å². The van der Waals surface area contributed by atoms with Gasteiger partial charge < -0.3 is 5.73 Å². The van der Waals surface area contributed by atoms with Gasteiger partial charge >= 0.3 is 0 Å². The average molecular weight is 347 g/mol. The first-order valence-corrected chi connectivity index (χ1v) is 7.78. The molecule has 4 nitrogen and oxygen atoms in total. The third kappa shape index (κ3) is 3.79. The number of nitrogens with two attached hydrogens (primary N) is 1. The van der Waals surface area contributed by atoms with Gasteiger partial charge in [0.1, 0.15) is 4.90 Å². The van der Waals surface area contributed by atoms with E-state index < -0.39 is 29.0 Å². The molecule has 1 aromatic carbocycles. The van der Waals surface area contributed by atoms with Crippen molar-refractivity contribution < 1.29 is 17.2 Å². The minimum atomic E-state index is -4.21. The maximum absolute atomic E-state index is 13.0. The Hall–Kier alpha value is -0.470. The molecule has 9 heteroatoms. The van der Waals surface area contributed by atoms with E-state index in [0.717, 1.165) is 0 Å². The van der Waals surface area contributed by atoms with Crippen LogP contribution in [0, 0.1) is 13.8 Å². The van der Waals surface area contributed by atoms with Gasteiger partial charge in [0.15, 0.2) is 0 Å².